The van der Waals surface area contributed by atoms with Crippen LogP contribution in [0.5, 0.6) is 0 Å². The summed E-state index contributed by atoms with van der Waals surface area (Å²) in [4.78, 5) is 8.61. The SMILES string of the molecule is CBc1cncc(BC(C)C)n1. The lowest BCUT2D eigenvalue weighted by Crippen LogP contribution is -2.30. The zero-order valence-electron chi connectivity index (χ0n) is 8.04. The number of hydrogen-bond donors (Lipinski definition) is 0. The van der Waals surface area contributed by atoms with Gasteiger partial charge in [0.05, 0.1) is 0 Å². The molecular formula is C8H14B2N2. The summed E-state index contributed by atoms with van der Waals surface area (Å²) in [5.41, 5.74) is 2.21. The van der Waals surface area contributed by atoms with Gasteiger partial charge in [0.25, 0.3) is 0 Å². The van der Waals surface area contributed by atoms with E-state index in [1.165, 1.54) is 0 Å². The van der Waals surface area contributed by atoms with Gasteiger partial charge in [-0.05, 0) is 0 Å². The molecule has 1 aromatic heterocycles. The monoisotopic (exact) mass is 160 g/mol. The molecule has 0 spiro atoms. The third-order valence-electron chi connectivity index (χ3n) is 1.71. The maximum Gasteiger partial charge on any atom is 0.186 e. The predicted octanol–water partition coefficient (Wildman–Crippen LogP) is -0.523. The lowest BCUT2D eigenvalue weighted by Gasteiger charge is -2.02. The molecule has 2 nitrogen and oxygen atoms in total. The van der Waals surface area contributed by atoms with Crippen molar-refractivity contribution in [1.29, 1.82) is 0 Å². The highest BCUT2D eigenvalue weighted by molar-refractivity contribution is 6.55. The molecule has 4 heteroatoms. The maximum absolute atomic E-state index is 4.47. The first-order chi connectivity index (χ1) is 5.72. The minimum Gasteiger partial charge on any atom is -0.276 e. The molecule has 0 aromatic carbocycles. The van der Waals surface area contributed by atoms with Gasteiger partial charge in [-0.25, -0.2) is 0 Å². The van der Waals surface area contributed by atoms with Crippen molar-refractivity contribution in [1.82, 2.24) is 9.97 Å². The molecule has 0 aliphatic heterocycles. The molecule has 1 rings (SSSR count). The van der Waals surface area contributed by atoms with Crippen molar-refractivity contribution in [2.75, 3.05) is 0 Å². The molecule has 0 saturated carbocycles. The second kappa shape index (κ2) is 4.29. The molecule has 0 radical (unpaired) electrons. The predicted molar refractivity (Wildman–Crippen MR) is 56.6 cm³/mol. The maximum atomic E-state index is 4.47. The van der Waals surface area contributed by atoms with Gasteiger partial charge in [-0.2, -0.15) is 0 Å². The summed E-state index contributed by atoms with van der Waals surface area (Å²) in [7, 11) is 2.00. The largest absolute Gasteiger partial charge is 0.276 e. The second-order valence-corrected chi connectivity index (χ2v) is 3.45. The van der Waals surface area contributed by atoms with E-state index in [1.807, 2.05) is 12.4 Å². The van der Waals surface area contributed by atoms with Crippen molar-refractivity contribution in [3.63, 3.8) is 0 Å². The number of rotatable bonds is 3. The normalized spacial score (nSPS) is 10.0. The molecule has 0 aliphatic carbocycles. The van der Waals surface area contributed by atoms with Gasteiger partial charge in [-0.3, -0.25) is 9.97 Å². The molecule has 0 fully saturated rings. The van der Waals surface area contributed by atoms with Crippen LogP contribution in [0, 0.1) is 0 Å². The molecule has 1 heterocycles. The fraction of sp³-hybridized carbons (Fsp3) is 0.500. The molecule has 62 valence electrons. The van der Waals surface area contributed by atoms with E-state index in [2.05, 4.69) is 30.6 Å². The Morgan fingerprint density at radius 1 is 1.25 bits per heavy atom. The van der Waals surface area contributed by atoms with Gasteiger partial charge in [-0.15, -0.1) is 0 Å². The minimum atomic E-state index is 0.659. The van der Waals surface area contributed by atoms with E-state index >= 15 is 0 Å². The van der Waals surface area contributed by atoms with E-state index < -0.39 is 0 Å². The molecule has 0 amide bonds. The van der Waals surface area contributed by atoms with Crippen LogP contribution >= 0.6 is 0 Å². The summed E-state index contributed by atoms with van der Waals surface area (Å²) >= 11 is 0. The molecule has 12 heavy (non-hydrogen) atoms. The number of hydrogen-bond acceptors (Lipinski definition) is 2. The third kappa shape index (κ3) is 2.68. The van der Waals surface area contributed by atoms with E-state index in [4.69, 9.17) is 0 Å². The van der Waals surface area contributed by atoms with E-state index in [-0.39, 0.29) is 0 Å². The smallest absolute Gasteiger partial charge is 0.186 e. The van der Waals surface area contributed by atoms with Gasteiger partial charge in [0.2, 0.25) is 0 Å². The van der Waals surface area contributed by atoms with Crippen molar-refractivity contribution in [3.8, 4) is 0 Å². The van der Waals surface area contributed by atoms with E-state index in [9.17, 15) is 0 Å². The molecule has 0 bridgehead atoms. The van der Waals surface area contributed by atoms with Crippen LogP contribution in [0.4, 0.5) is 0 Å². The third-order valence-corrected chi connectivity index (χ3v) is 1.71. The van der Waals surface area contributed by atoms with Gasteiger partial charge >= 0.3 is 0 Å². The highest BCUT2D eigenvalue weighted by atomic mass is 14.8. The van der Waals surface area contributed by atoms with Crippen LogP contribution in [-0.4, -0.2) is 24.5 Å². The Balaban J connectivity index is 2.72. The summed E-state index contributed by atoms with van der Waals surface area (Å²) in [5, 5.41) is 0. The Kier molecular flexibility index (Phi) is 3.32. The Bertz CT molecular complexity index is 251. The average Bonchev–Trinajstić information content (AvgIpc) is 2.03. The standard InChI is InChI=1S/C8H14B2N2/c1-6(2)10-8-5-11-4-7(9-3)12-8/h4-6,9-10H,1-3H3. The van der Waals surface area contributed by atoms with Gasteiger partial charge in [0.15, 0.2) is 14.6 Å². The Hall–Kier alpha value is -0.790. The Labute approximate surface area is 75.3 Å². The topological polar surface area (TPSA) is 25.8 Å². The van der Waals surface area contributed by atoms with Gasteiger partial charge in [0.1, 0.15) is 0 Å². The fourth-order valence-electron chi connectivity index (χ4n) is 1.14. The molecule has 0 unspecified atom stereocenters. The molecular weight excluding hydrogens is 146 g/mol. The summed E-state index contributed by atoms with van der Waals surface area (Å²) in [5.74, 6) is 0.659. The molecule has 0 N–H and O–H groups in total. The van der Waals surface area contributed by atoms with Crippen LogP contribution in [0.1, 0.15) is 13.8 Å². The average molecular weight is 160 g/mol. The zero-order chi connectivity index (χ0) is 8.97. The van der Waals surface area contributed by atoms with Crippen molar-refractivity contribution >= 4 is 25.7 Å². The van der Waals surface area contributed by atoms with Crippen LogP contribution in [0.3, 0.4) is 0 Å². The summed E-state index contributed by atoms with van der Waals surface area (Å²) in [6.07, 6.45) is 3.70. The first-order valence-corrected chi connectivity index (χ1v) is 4.52. The number of nitrogens with zero attached hydrogens (tertiary/aromatic N) is 2. The highest BCUT2D eigenvalue weighted by Crippen LogP contribution is 1.93. The first-order valence-electron chi connectivity index (χ1n) is 4.52. The lowest BCUT2D eigenvalue weighted by atomic mass is 9.63. The fourth-order valence-corrected chi connectivity index (χ4v) is 1.14. The van der Waals surface area contributed by atoms with E-state index in [0.29, 0.717) is 5.82 Å². The molecule has 0 saturated heterocycles. The molecule has 1 aromatic rings. The van der Waals surface area contributed by atoms with Gasteiger partial charge < -0.3 is 0 Å². The Morgan fingerprint density at radius 3 is 2.50 bits per heavy atom. The zero-order valence-corrected chi connectivity index (χ0v) is 8.04. The van der Waals surface area contributed by atoms with Crippen LogP contribution in [0.15, 0.2) is 12.4 Å². The number of aromatic nitrogens is 2. The quantitative estimate of drug-likeness (QED) is 0.555. The van der Waals surface area contributed by atoms with Crippen LogP contribution in [-0.2, 0) is 0 Å². The van der Waals surface area contributed by atoms with Crippen molar-refractivity contribution < 1.29 is 0 Å². The van der Waals surface area contributed by atoms with Crippen molar-refractivity contribution in [2.24, 2.45) is 0 Å². The molecule has 0 aliphatic rings. The summed E-state index contributed by atoms with van der Waals surface area (Å²) in [6.45, 7) is 6.49. The van der Waals surface area contributed by atoms with Gasteiger partial charge in [-0.1, -0.05) is 26.5 Å². The first kappa shape index (κ1) is 9.30. The highest BCUT2D eigenvalue weighted by Gasteiger charge is 2.02. The summed E-state index contributed by atoms with van der Waals surface area (Å²) < 4.78 is 0. The van der Waals surface area contributed by atoms with Crippen molar-refractivity contribution in [2.45, 2.75) is 26.5 Å². The van der Waals surface area contributed by atoms with Crippen LogP contribution in [0.25, 0.3) is 0 Å². The van der Waals surface area contributed by atoms with Crippen molar-refractivity contribution in [3.05, 3.63) is 12.4 Å². The molecule has 0 atom stereocenters. The minimum absolute atomic E-state index is 0.659. The van der Waals surface area contributed by atoms with Crippen LogP contribution in [0.2, 0.25) is 12.6 Å². The summed E-state index contributed by atoms with van der Waals surface area (Å²) in [6, 6.07) is 0. The van der Waals surface area contributed by atoms with Gasteiger partial charge in [0, 0.05) is 23.6 Å². The van der Waals surface area contributed by atoms with E-state index in [1.54, 1.807) is 0 Å². The Morgan fingerprint density at radius 2 is 1.92 bits per heavy atom. The lowest BCUT2D eigenvalue weighted by molar-refractivity contribution is 1.06. The van der Waals surface area contributed by atoms with Crippen LogP contribution < -0.4 is 11.2 Å². The van der Waals surface area contributed by atoms with E-state index in [0.717, 1.165) is 25.7 Å². The second-order valence-electron chi connectivity index (χ2n) is 3.45.